The van der Waals surface area contributed by atoms with Gasteiger partial charge < -0.3 is 9.42 Å². The number of hydrogen-bond acceptors (Lipinski definition) is 6. The highest BCUT2D eigenvalue weighted by Crippen LogP contribution is 2.26. The van der Waals surface area contributed by atoms with Crippen molar-refractivity contribution in [3.05, 3.63) is 66.1 Å². The van der Waals surface area contributed by atoms with Gasteiger partial charge in [-0.25, -0.2) is 0 Å². The van der Waals surface area contributed by atoms with E-state index in [1.165, 1.54) is 0 Å². The van der Waals surface area contributed by atoms with Gasteiger partial charge in [0, 0.05) is 31.7 Å². The molecule has 6 heteroatoms. The molecule has 3 aromatic rings. The number of nitriles is 1. The number of hydrogen-bond donors (Lipinski definition) is 0. The minimum Gasteiger partial charge on any atom is -0.368 e. The molecule has 0 bridgehead atoms. The second-order valence-electron chi connectivity index (χ2n) is 6.65. The summed E-state index contributed by atoms with van der Waals surface area (Å²) >= 11 is 0. The van der Waals surface area contributed by atoms with Gasteiger partial charge in [0.15, 0.2) is 0 Å². The zero-order valence-electron chi connectivity index (χ0n) is 15.2. The Balaban J connectivity index is 1.43. The molecular weight excluding hydrogens is 338 g/mol. The first kappa shape index (κ1) is 17.3. The number of aromatic nitrogens is 2. The third-order valence-electron chi connectivity index (χ3n) is 5.06. The third-order valence-corrected chi connectivity index (χ3v) is 5.06. The molecule has 4 rings (SSSR count). The molecule has 1 aromatic heterocycles. The van der Waals surface area contributed by atoms with Crippen molar-refractivity contribution in [1.29, 1.82) is 5.26 Å². The number of rotatable bonds is 4. The monoisotopic (exact) mass is 359 g/mol. The predicted octanol–water partition coefficient (Wildman–Crippen LogP) is 3.49. The van der Waals surface area contributed by atoms with Crippen LogP contribution in [0.2, 0.25) is 0 Å². The van der Waals surface area contributed by atoms with Crippen LogP contribution in [-0.4, -0.2) is 41.2 Å². The summed E-state index contributed by atoms with van der Waals surface area (Å²) in [7, 11) is 0. The van der Waals surface area contributed by atoms with E-state index < -0.39 is 0 Å². The maximum Gasteiger partial charge on any atom is 0.244 e. The Morgan fingerprint density at radius 1 is 1.00 bits per heavy atom. The average Bonchev–Trinajstić information content (AvgIpc) is 3.24. The van der Waals surface area contributed by atoms with Gasteiger partial charge in [0.1, 0.15) is 6.07 Å². The zero-order valence-corrected chi connectivity index (χ0v) is 15.2. The van der Waals surface area contributed by atoms with E-state index in [1.54, 1.807) is 0 Å². The molecule has 136 valence electrons. The van der Waals surface area contributed by atoms with Crippen molar-refractivity contribution >= 4 is 5.69 Å². The summed E-state index contributed by atoms with van der Waals surface area (Å²) in [4.78, 5) is 9.19. The number of para-hydroxylation sites is 1. The smallest absolute Gasteiger partial charge is 0.244 e. The molecule has 1 aliphatic heterocycles. The van der Waals surface area contributed by atoms with Crippen molar-refractivity contribution in [2.75, 3.05) is 31.1 Å². The normalized spacial score (nSPS) is 16.1. The van der Waals surface area contributed by atoms with Gasteiger partial charge in [-0.1, -0.05) is 47.6 Å². The molecule has 0 aliphatic carbocycles. The lowest BCUT2D eigenvalue weighted by Crippen LogP contribution is -2.47. The van der Waals surface area contributed by atoms with Crippen molar-refractivity contribution in [2.45, 2.75) is 13.0 Å². The number of nitrogens with zero attached hydrogens (tertiary/aromatic N) is 5. The fraction of sp³-hybridized carbons (Fsp3) is 0.286. The largest absolute Gasteiger partial charge is 0.368 e. The van der Waals surface area contributed by atoms with Crippen molar-refractivity contribution in [3.63, 3.8) is 0 Å². The van der Waals surface area contributed by atoms with Crippen LogP contribution in [0.5, 0.6) is 0 Å². The Labute approximate surface area is 158 Å². The van der Waals surface area contributed by atoms with E-state index in [4.69, 9.17) is 4.52 Å². The highest BCUT2D eigenvalue weighted by atomic mass is 16.5. The second kappa shape index (κ2) is 7.60. The third kappa shape index (κ3) is 3.55. The van der Waals surface area contributed by atoms with E-state index in [-0.39, 0.29) is 6.04 Å². The van der Waals surface area contributed by atoms with Gasteiger partial charge in [0.05, 0.1) is 17.3 Å². The highest BCUT2D eigenvalue weighted by Gasteiger charge is 2.26. The lowest BCUT2D eigenvalue weighted by molar-refractivity contribution is 0.164. The fourth-order valence-corrected chi connectivity index (χ4v) is 3.46. The average molecular weight is 359 g/mol. The molecule has 6 nitrogen and oxygen atoms in total. The van der Waals surface area contributed by atoms with Gasteiger partial charge >= 0.3 is 0 Å². The Hall–Kier alpha value is -3.17. The molecule has 27 heavy (non-hydrogen) atoms. The van der Waals surface area contributed by atoms with Crippen LogP contribution < -0.4 is 4.90 Å². The van der Waals surface area contributed by atoms with Crippen molar-refractivity contribution in [1.82, 2.24) is 15.0 Å². The first-order valence-electron chi connectivity index (χ1n) is 9.13. The summed E-state index contributed by atoms with van der Waals surface area (Å²) in [6.45, 7) is 5.58. The number of piperazine rings is 1. The summed E-state index contributed by atoms with van der Waals surface area (Å²) in [5.41, 5.74) is 2.69. The van der Waals surface area contributed by atoms with Gasteiger partial charge in [-0.05, 0) is 19.1 Å². The van der Waals surface area contributed by atoms with E-state index in [2.05, 4.69) is 32.9 Å². The van der Waals surface area contributed by atoms with Crippen LogP contribution in [0.1, 0.15) is 24.4 Å². The van der Waals surface area contributed by atoms with Crippen molar-refractivity contribution < 1.29 is 4.52 Å². The molecule has 1 atom stereocenters. The van der Waals surface area contributed by atoms with Crippen LogP contribution in [0.15, 0.2) is 59.1 Å². The van der Waals surface area contributed by atoms with Crippen LogP contribution in [0.4, 0.5) is 5.69 Å². The molecule has 0 saturated carbocycles. The van der Waals surface area contributed by atoms with Crippen molar-refractivity contribution in [3.8, 4) is 17.5 Å². The van der Waals surface area contributed by atoms with E-state index in [0.717, 1.165) is 43.0 Å². The van der Waals surface area contributed by atoms with Crippen LogP contribution >= 0.6 is 0 Å². The topological polar surface area (TPSA) is 69.2 Å². The maximum absolute atomic E-state index is 9.32. The molecule has 1 aliphatic rings. The van der Waals surface area contributed by atoms with Gasteiger partial charge in [-0.15, -0.1) is 0 Å². The lowest BCUT2D eigenvalue weighted by Gasteiger charge is -2.38. The first-order valence-corrected chi connectivity index (χ1v) is 9.13. The standard InChI is InChI=1S/C21H21N5O/c1-16(21-23-20(24-27-21)17-7-3-2-4-8-17)25-11-13-26(14-12-25)19-10-6-5-9-18(19)15-22/h2-10,16H,11-14H2,1H3. The fourth-order valence-electron chi connectivity index (χ4n) is 3.46. The summed E-state index contributed by atoms with van der Waals surface area (Å²) < 4.78 is 5.52. The van der Waals surface area contributed by atoms with Crippen LogP contribution in [0, 0.1) is 11.3 Å². The molecule has 1 saturated heterocycles. The van der Waals surface area contributed by atoms with Crippen LogP contribution in [0.25, 0.3) is 11.4 Å². The van der Waals surface area contributed by atoms with E-state index in [9.17, 15) is 5.26 Å². The minimum absolute atomic E-state index is 0.0586. The Morgan fingerprint density at radius 3 is 2.44 bits per heavy atom. The molecule has 0 N–H and O–H groups in total. The van der Waals surface area contributed by atoms with Crippen molar-refractivity contribution in [2.24, 2.45) is 0 Å². The first-order chi connectivity index (χ1) is 13.3. The number of anilines is 1. The zero-order chi connectivity index (χ0) is 18.6. The van der Waals surface area contributed by atoms with Gasteiger partial charge in [0.25, 0.3) is 0 Å². The molecule has 0 radical (unpaired) electrons. The van der Waals surface area contributed by atoms with Crippen LogP contribution in [0.3, 0.4) is 0 Å². The highest BCUT2D eigenvalue weighted by molar-refractivity contribution is 5.59. The van der Waals surface area contributed by atoms with Gasteiger partial charge in [-0.3, -0.25) is 4.90 Å². The summed E-state index contributed by atoms with van der Waals surface area (Å²) in [5.74, 6) is 1.26. The summed E-state index contributed by atoms with van der Waals surface area (Å²) in [6, 6.07) is 20.0. The molecule has 1 unspecified atom stereocenters. The molecular formula is C21H21N5O. The Bertz CT molecular complexity index is 938. The minimum atomic E-state index is 0.0586. The molecule has 0 amide bonds. The van der Waals surface area contributed by atoms with E-state index >= 15 is 0 Å². The maximum atomic E-state index is 9.32. The van der Waals surface area contributed by atoms with E-state index in [1.807, 2.05) is 54.6 Å². The quantitative estimate of drug-likeness (QED) is 0.710. The summed E-state index contributed by atoms with van der Waals surface area (Å²) in [5, 5.41) is 13.4. The van der Waals surface area contributed by atoms with E-state index in [0.29, 0.717) is 11.7 Å². The second-order valence-corrected chi connectivity index (χ2v) is 6.65. The SMILES string of the molecule is CC(c1nc(-c2ccccc2)no1)N1CCN(c2ccccc2C#N)CC1. The molecule has 2 heterocycles. The molecule has 1 fully saturated rings. The Kier molecular flexibility index (Phi) is 4.86. The van der Waals surface area contributed by atoms with Crippen LogP contribution in [-0.2, 0) is 0 Å². The van der Waals surface area contributed by atoms with Gasteiger partial charge in [0.2, 0.25) is 11.7 Å². The van der Waals surface area contributed by atoms with Gasteiger partial charge in [-0.2, -0.15) is 10.2 Å². The Morgan fingerprint density at radius 2 is 1.70 bits per heavy atom. The lowest BCUT2D eigenvalue weighted by atomic mass is 10.1. The number of benzene rings is 2. The molecule has 2 aromatic carbocycles. The molecule has 0 spiro atoms. The predicted molar refractivity (Wildman–Crippen MR) is 103 cm³/mol. The summed E-state index contributed by atoms with van der Waals surface area (Å²) in [6.07, 6.45) is 0.